The molecule has 0 unspecified atom stereocenters. The van der Waals surface area contributed by atoms with Gasteiger partial charge in [-0.05, 0) is 38.5 Å². The van der Waals surface area contributed by atoms with Crippen molar-refractivity contribution in [2.24, 2.45) is 0 Å². The van der Waals surface area contributed by atoms with E-state index in [1.54, 1.807) is 30.5 Å². The van der Waals surface area contributed by atoms with Crippen molar-refractivity contribution >= 4 is 21.4 Å². The Hall–Kier alpha value is -1.28. The number of hydrogen-bond acceptors (Lipinski definition) is 5. The van der Waals surface area contributed by atoms with Crippen LogP contribution >= 0.6 is 11.3 Å². The zero-order valence-electron chi connectivity index (χ0n) is 13.9. The van der Waals surface area contributed by atoms with Gasteiger partial charge in [0.2, 0.25) is 10.0 Å². The lowest BCUT2D eigenvalue weighted by atomic mass is 10.2. The summed E-state index contributed by atoms with van der Waals surface area (Å²) >= 11 is 1.68. The van der Waals surface area contributed by atoms with Gasteiger partial charge in [0, 0.05) is 37.3 Å². The minimum absolute atomic E-state index is 0.0656. The molecule has 0 spiro atoms. The standard InChI is InChI=1S/C16H23N3O2S2/c1-12(2)19(4)23(20,21)16-7-5-14(6-8-16)9-17-10-15-11-18-13(3)22-15/h5-8,11-12,17H,9-10H2,1-4H3. The summed E-state index contributed by atoms with van der Waals surface area (Å²) in [6.45, 7) is 7.16. The highest BCUT2D eigenvalue weighted by Gasteiger charge is 2.22. The van der Waals surface area contributed by atoms with Crippen molar-refractivity contribution in [2.45, 2.75) is 44.8 Å². The Kier molecular flexibility index (Phi) is 5.91. The summed E-state index contributed by atoms with van der Waals surface area (Å²) in [5.74, 6) is 0. The predicted octanol–water partition coefficient (Wildman–Crippen LogP) is 2.77. The molecule has 5 nitrogen and oxygen atoms in total. The van der Waals surface area contributed by atoms with Gasteiger partial charge >= 0.3 is 0 Å². The number of thiazole rings is 1. The van der Waals surface area contributed by atoms with Crippen LogP contribution in [-0.2, 0) is 23.1 Å². The monoisotopic (exact) mass is 353 g/mol. The highest BCUT2D eigenvalue weighted by molar-refractivity contribution is 7.89. The van der Waals surface area contributed by atoms with Crippen LogP contribution in [0.3, 0.4) is 0 Å². The average Bonchev–Trinajstić information content (AvgIpc) is 2.92. The van der Waals surface area contributed by atoms with Gasteiger partial charge in [-0.1, -0.05) is 12.1 Å². The lowest BCUT2D eigenvalue weighted by molar-refractivity contribution is 0.410. The first-order valence-electron chi connectivity index (χ1n) is 7.49. The van der Waals surface area contributed by atoms with E-state index in [4.69, 9.17) is 0 Å². The molecule has 2 rings (SSSR count). The van der Waals surface area contributed by atoms with Gasteiger partial charge in [-0.3, -0.25) is 0 Å². The third-order valence-corrected chi connectivity index (χ3v) is 6.59. The number of hydrogen-bond donors (Lipinski definition) is 1. The molecule has 0 saturated heterocycles. The molecule has 0 fully saturated rings. The summed E-state index contributed by atoms with van der Waals surface area (Å²) in [5.41, 5.74) is 1.05. The second kappa shape index (κ2) is 7.53. The molecule has 7 heteroatoms. The lowest BCUT2D eigenvalue weighted by Gasteiger charge is -2.21. The van der Waals surface area contributed by atoms with Crippen LogP contribution < -0.4 is 5.32 Å². The Morgan fingerprint density at radius 2 is 1.87 bits per heavy atom. The molecule has 23 heavy (non-hydrogen) atoms. The van der Waals surface area contributed by atoms with E-state index in [0.717, 1.165) is 17.1 Å². The summed E-state index contributed by atoms with van der Waals surface area (Å²) in [6, 6.07) is 6.98. The van der Waals surface area contributed by atoms with Gasteiger partial charge in [0.15, 0.2) is 0 Å². The number of aryl methyl sites for hydroxylation is 1. The van der Waals surface area contributed by atoms with Gasteiger partial charge in [-0.25, -0.2) is 13.4 Å². The quantitative estimate of drug-likeness (QED) is 0.831. The molecule has 0 radical (unpaired) electrons. The van der Waals surface area contributed by atoms with Crippen molar-refractivity contribution in [1.82, 2.24) is 14.6 Å². The molecule has 0 aliphatic rings. The van der Waals surface area contributed by atoms with E-state index in [9.17, 15) is 8.42 Å². The number of nitrogens with zero attached hydrogens (tertiary/aromatic N) is 2. The highest BCUT2D eigenvalue weighted by atomic mass is 32.2. The Morgan fingerprint density at radius 3 is 2.39 bits per heavy atom. The van der Waals surface area contributed by atoms with E-state index < -0.39 is 10.0 Å². The van der Waals surface area contributed by atoms with Crippen LogP contribution in [0.2, 0.25) is 0 Å². The zero-order valence-corrected chi connectivity index (χ0v) is 15.5. The molecular formula is C16H23N3O2S2. The second-order valence-electron chi connectivity index (χ2n) is 5.71. The molecule has 0 amide bonds. The van der Waals surface area contributed by atoms with Crippen LogP contribution in [-0.4, -0.2) is 30.8 Å². The summed E-state index contributed by atoms with van der Waals surface area (Å²) < 4.78 is 26.2. The Balaban J connectivity index is 1.96. The van der Waals surface area contributed by atoms with Crippen LogP contribution in [0, 0.1) is 6.92 Å². The van der Waals surface area contributed by atoms with E-state index >= 15 is 0 Å². The Morgan fingerprint density at radius 1 is 1.22 bits per heavy atom. The van der Waals surface area contributed by atoms with E-state index in [1.807, 2.05) is 39.1 Å². The van der Waals surface area contributed by atoms with Crippen molar-refractivity contribution in [3.05, 3.63) is 45.9 Å². The Bertz CT molecular complexity index is 737. The predicted molar refractivity (Wildman–Crippen MR) is 93.9 cm³/mol. The van der Waals surface area contributed by atoms with Gasteiger partial charge in [-0.15, -0.1) is 11.3 Å². The van der Waals surface area contributed by atoms with E-state index in [-0.39, 0.29) is 6.04 Å². The SMILES string of the molecule is Cc1ncc(CNCc2ccc(S(=O)(=O)N(C)C(C)C)cc2)s1. The summed E-state index contributed by atoms with van der Waals surface area (Å²) in [4.78, 5) is 5.74. The summed E-state index contributed by atoms with van der Waals surface area (Å²) in [7, 11) is -1.81. The third-order valence-electron chi connectivity index (χ3n) is 3.63. The molecule has 0 aliphatic carbocycles. The maximum Gasteiger partial charge on any atom is 0.243 e. The lowest BCUT2D eigenvalue weighted by Crippen LogP contribution is -2.33. The topological polar surface area (TPSA) is 62.3 Å². The molecule has 0 atom stereocenters. The van der Waals surface area contributed by atoms with Crippen LogP contribution in [0.4, 0.5) is 0 Å². The fourth-order valence-corrected chi connectivity index (χ4v) is 4.17. The molecule has 2 aromatic rings. The van der Waals surface area contributed by atoms with Crippen LogP contribution in [0.5, 0.6) is 0 Å². The molecule has 1 aromatic heterocycles. The fourth-order valence-electron chi connectivity index (χ4n) is 2.04. The van der Waals surface area contributed by atoms with Crippen molar-refractivity contribution in [1.29, 1.82) is 0 Å². The van der Waals surface area contributed by atoms with E-state index in [1.165, 1.54) is 9.18 Å². The first kappa shape index (κ1) is 18.1. The Labute approximate surface area is 142 Å². The third kappa shape index (κ3) is 4.60. The minimum atomic E-state index is -3.41. The molecule has 126 valence electrons. The maximum absolute atomic E-state index is 12.4. The summed E-state index contributed by atoms with van der Waals surface area (Å²) in [6.07, 6.45) is 1.88. The largest absolute Gasteiger partial charge is 0.308 e. The maximum atomic E-state index is 12.4. The number of nitrogens with one attached hydrogen (secondary N) is 1. The molecule has 1 N–H and O–H groups in total. The van der Waals surface area contributed by atoms with E-state index in [2.05, 4.69) is 10.3 Å². The van der Waals surface area contributed by atoms with Crippen molar-refractivity contribution in [3.63, 3.8) is 0 Å². The van der Waals surface area contributed by atoms with E-state index in [0.29, 0.717) is 11.4 Å². The van der Waals surface area contributed by atoms with Gasteiger partial charge in [0.05, 0.1) is 9.90 Å². The molecule has 1 heterocycles. The van der Waals surface area contributed by atoms with Gasteiger partial charge in [-0.2, -0.15) is 4.31 Å². The zero-order chi connectivity index (χ0) is 17.0. The van der Waals surface area contributed by atoms with Crippen molar-refractivity contribution in [3.8, 4) is 0 Å². The van der Waals surface area contributed by atoms with Crippen molar-refractivity contribution < 1.29 is 8.42 Å². The molecular weight excluding hydrogens is 330 g/mol. The van der Waals surface area contributed by atoms with Crippen LogP contribution in [0.1, 0.15) is 29.3 Å². The summed E-state index contributed by atoms with van der Waals surface area (Å²) in [5, 5.41) is 4.40. The smallest absolute Gasteiger partial charge is 0.243 e. The molecule has 0 saturated carbocycles. The number of benzene rings is 1. The van der Waals surface area contributed by atoms with Gasteiger partial charge in [0.1, 0.15) is 0 Å². The minimum Gasteiger partial charge on any atom is -0.308 e. The van der Waals surface area contributed by atoms with Crippen LogP contribution in [0.15, 0.2) is 35.4 Å². The second-order valence-corrected chi connectivity index (χ2v) is 9.02. The number of rotatable bonds is 7. The number of sulfonamides is 1. The first-order valence-corrected chi connectivity index (χ1v) is 9.75. The van der Waals surface area contributed by atoms with Gasteiger partial charge < -0.3 is 5.32 Å². The van der Waals surface area contributed by atoms with Gasteiger partial charge in [0.25, 0.3) is 0 Å². The van der Waals surface area contributed by atoms with Crippen molar-refractivity contribution in [2.75, 3.05) is 7.05 Å². The first-order chi connectivity index (χ1) is 10.8. The highest BCUT2D eigenvalue weighted by Crippen LogP contribution is 2.17. The average molecular weight is 354 g/mol. The number of aromatic nitrogens is 1. The molecule has 0 bridgehead atoms. The van der Waals surface area contributed by atoms with Crippen LogP contribution in [0.25, 0.3) is 0 Å². The normalized spacial score (nSPS) is 12.3. The molecule has 0 aliphatic heterocycles. The fraction of sp³-hybridized carbons (Fsp3) is 0.438. The molecule has 1 aromatic carbocycles.